The average Bonchev–Trinajstić information content (AvgIpc) is 1.99. The van der Waals surface area contributed by atoms with E-state index in [4.69, 9.17) is 10.5 Å². The monoisotopic (exact) mass is 160 g/mol. The smallest absolute Gasteiger partial charge is 0.0474 e. The van der Waals surface area contributed by atoms with Crippen molar-refractivity contribution in [2.45, 2.75) is 25.8 Å². The lowest BCUT2D eigenvalue weighted by molar-refractivity contribution is 0.193. The molecule has 0 heterocycles. The molecule has 0 aromatic carbocycles. The molecule has 0 aliphatic rings. The van der Waals surface area contributed by atoms with Crippen LogP contribution >= 0.6 is 0 Å². The molecule has 0 amide bonds. The van der Waals surface area contributed by atoms with Crippen molar-refractivity contribution in [3.63, 3.8) is 0 Å². The number of nitrogens with one attached hydrogen (secondary N) is 1. The third-order valence-corrected chi connectivity index (χ3v) is 1.62. The molecular weight excluding hydrogens is 140 g/mol. The standard InChI is InChI=1S/C8H20N2O/c1-8(4-5-9)10-6-3-7-11-2/h8,10H,3-7,9H2,1-2H3. The van der Waals surface area contributed by atoms with Gasteiger partial charge in [0.25, 0.3) is 0 Å². The van der Waals surface area contributed by atoms with Crippen LogP contribution in [0, 0.1) is 0 Å². The Kier molecular flexibility index (Phi) is 7.89. The minimum atomic E-state index is 0.539. The van der Waals surface area contributed by atoms with Gasteiger partial charge in [-0.25, -0.2) is 0 Å². The van der Waals surface area contributed by atoms with Gasteiger partial charge in [0, 0.05) is 19.8 Å². The molecule has 0 saturated heterocycles. The van der Waals surface area contributed by atoms with Gasteiger partial charge in [-0.05, 0) is 32.9 Å². The Morgan fingerprint density at radius 1 is 1.55 bits per heavy atom. The molecule has 68 valence electrons. The number of nitrogens with two attached hydrogens (primary N) is 1. The highest BCUT2D eigenvalue weighted by Gasteiger charge is 1.97. The third kappa shape index (κ3) is 7.78. The molecule has 0 bridgehead atoms. The normalized spacial score (nSPS) is 13.4. The highest BCUT2D eigenvalue weighted by atomic mass is 16.5. The van der Waals surface area contributed by atoms with Crippen LogP contribution in [0.2, 0.25) is 0 Å². The Hall–Kier alpha value is -0.120. The molecule has 0 aliphatic heterocycles. The lowest BCUT2D eigenvalue weighted by atomic mass is 10.2. The minimum Gasteiger partial charge on any atom is -0.385 e. The molecular formula is C8H20N2O. The summed E-state index contributed by atoms with van der Waals surface area (Å²) in [5.74, 6) is 0. The highest BCUT2D eigenvalue weighted by molar-refractivity contribution is 4.59. The van der Waals surface area contributed by atoms with Crippen molar-refractivity contribution in [2.75, 3.05) is 26.8 Å². The zero-order chi connectivity index (χ0) is 8.53. The van der Waals surface area contributed by atoms with Gasteiger partial charge in [-0.15, -0.1) is 0 Å². The second kappa shape index (κ2) is 7.98. The van der Waals surface area contributed by atoms with Crippen LogP contribution in [0.4, 0.5) is 0 Å². The van der Waals surface area contributed by atoms with Crippen LogP contribution in [0.5, 0.6) is 0 Å². The molecule has 1 atom stereocenters. The molecule has 0 fully saturated rings. The molecule has 3 N–H and O–H groups in total. The van der Waals surface area contributed by atoms with E-state index in [-0.39, 0.29) is 0 Å². The lowest BCUT2D eigenvalue weighted by Crippen LogP contribution is -2.29. The van der Waals surface area contributed by atoms with Gasteiger partial charge in [0.1, 0.15) is 0 Å². The number of hydrogen-bond donors (Lipinski definition) is 2. The first-order chi connectivity index (χ1) is 5.31. The maximum absolute atomic E-state index is 5.40. The number of rotatable bonds is 7. The summed E-state index contributed by atoms with van der Waals surface area (Å²) in [6.45, 7) is 4.77. The number of ether oxygens (including phenoxy) is 1. The van der Waals surface area contributed by atoms with Crippen LogP contribution in [-0.2, 0) is 4.74 Å². The molecule has 0 aromatic rings. The fourth-order valence-electron chi connectivity index (χ4n) is 0.917. The Balaban J connectivity index is 2.97. The summed E-state index contributed by atoms with van der Waals surface area (Å²) in [4.78, 5) is 0. The van der Waals surface area contributed by atoms with Crippen molar-refractivity contribution < 1.29 is 4.74 Å². The summed E-state index contributed by atoms with van der Waals surface area (Å²) in [5.41, 5.74) is 5.40. The molecule has 1 unspecified atom stereocenters. The summed E-state index contributed by atoms with van der Waals surface area (Å²) >= 11 is 0. The SMILES string of the molecule is COCCCNC(C)CCN. The molecule has 0 rings (SSSR count). The summed E-state index contributed by atoms with van der Waals surface area (Å²) in [7, 11) is 1.73. The van der Waals surface area contributed by atoms with E-state index < -0.39 is 0 Å². The van der Waals surface area contributed by atoms with Gasteiger partial charge in [-0.1, -0.05) is 0 Å². The van der Waals surface area contributed by atoms with Crippen LogP contribution in [0.1, 0.15) is 19.8 Å². The largest absolute Gasteiger partial charge is 0.385 e. The molecule has 3 heteroatoms. The van der Waals surface area contributed by atoms with Crippen LogP contribution in [-0.4, -0.2) is 32.8 Å². The third-order valence-electron chi connectivity index (χ3n) is 1.62. The van der Waals surface area contributed by atoms with Gasteiger partial charge < -0.3 is 15.8 Å². The maximum Gasteiger partial charge on any atom is 0.0474 e. The van der Waals surface area contributed by atoms with E-state index >= 15 is 0 Å². The Morgan fingerprint density at radius 2 is 2.27 bits per heavy atom. The average molecular weight is 160 g/mol. The summed E-state index contributed by atoms with van der Waals surface area (Å²) < 4.78 is 4.92. The fraction of sp³-hybridized carbons (Fsp3) is 1.00. The summed E-state index contributed by atoms with van der Waals surface area (Å²) in [6.07, 6.45) is 2.12. The molecule has 0 aromatic heterocycles. The lowest BCUT2D eigenvalue weighted by Gasteiger charge is -2.11. The van der Waals surface area contributed by atoms with Gasteiger partial charge >= 0.3 is 0 Å². The van der Waals surface area contributed by atoms with Crippen LogP contribution < -0.4 is 11.1 Å². The quantitative estimate of drug-likeness (QED) is 0.528. The topological polar surface area (TPSA) is 47.3 Å². The first-order valence-electron chi connectivity index (χ1n) is 4.23. The Labute approximate surface area is 69.3 Å². The van der Waals surface area contributed by atoms with Gasteiger partial charge in [-0.3, -0.25) is 0 Å². The van der Waals surface area contributed by atoms with Crippen LogP contribution in [0.15, 0.2) is 0 Å². The van der Waals surface area contributed by atoms with E-state index in [1.54, 1.807) is 7.11 Å². The Bertz CT molecular complexity index is 78.5. The van der Waals surface area contributed by atoms with Crippen molar-refractivity contribution in [3.05, 3.63) is 0 Å². The van der Waals surface area contributed by atoms with E-state index in [1.807, 2.05) is 0 Å². The van der Waals surface area contributed by atoms with Crippen molar-refractivity contribution in [1.82, 2.24) is 5.32 Å². The maximum atomic E-state index is 5.40. The fourth-order valence-corrected chi connectivity index (χ4v) is 0.917. The van der Waals surface area contributed by atoms with Crippen LogP contribution in [0.25, 0.3) is 0 Å². The second-order valence-corrected chi connectivity index (χ2v) is 2.78. The van der Waals surface area contributed by atoms with E-state index in [9.17, 15) is 0 Å². The van der Waals surface area contributed by atoms with Crippen molar-refractivity contribution in [2.24, 2.45) is 5.73 Å². The van der Waals surface area contributed by atoms with Gasteiger partial charge in [0.05, 0.1) is 0 Å². The molecule has 3 nitrogen and oxygen atoms in total. The molecule has 0 radical (unpaired) electrons. The zero-order valence-corrected chi connectivity index (χ0v) is 7.60. The van der Waals surface area contributed by atoms with Crippen molar-refractivity contribution >= 4 is 0 Å². The van der Waals surface area contributed by atoms with Gasteiger partial charge in [0.2, 0.25) is 0 Å². The van der Waals surface area contributed by atoms with Crippen molar-refractivity contribution in [3.8, 4) is 0 Å². The van der Waals surface area contributed by atoms with Gasteiger partial charge in [-0.2, -0.15) is 0 Å². The second-order valence-electron chi connectivity index (χ2n) is 2.78. The zero-order valence-electron chi connectivity index (χ0n) is 7.60. The Morgan fingerprint density at radius 3 is 2.82 bits per heavy atom. The van der Waals surface area contributed by atoms with Gasteiger partial charge in [0.15, 0.2) is 0 Å². The molecule has 11 heavy (non-hydrogen) atoms. The van der Waals surface area contributed by atoms with E-state index in [0.29, 0.717) is 6.04 Å². The minimum absolute atomic E-state index is 0.539. The summed E-state index contributed by atoms with van der Waals surface area (Å²) in [6, 6.07) is 0.539. The number of hydrogen-bond acceptors (Lipinski definition) is 3. The molecule has 0 spiro atoms. The number of methoxy groups -OCH3 is 1. The summed E-state index contributed by atoms with van der Waals surface area (Å²) in [5, 5.41) is 3.36. The van der Waals surface area contributed by atoms with E-state index in [0.717, 1.165) is 32.5 Å². The first kappa shape index (κ1) is 10.9. The molecule has 0 aliphatic carbocycles. The first-order valence-corrected chi connectivity index (χ1v) is 4.23. The van der Waals surface area contributed by atoms with Crippen molar-refractivity contribution in [1.29, 1.82) is 0 Å². The predicted molar refractivity (Wildman–Crippen MR) is 47.6 cm³/mol. The molecule has 0 saturated carbocycles. The van der Waals surface area contributed by atoms with Crippen LogP contribution in [0.3, 0.4) is 0 Å². The highest BCUT2D eigenvalue weighted by Crippen LogP contribution is 1.87. The van der Waals surface area contributed by atoms with E-state index in [1.165, 1.54) is 0 Å². The van der Waals surface area contributed by atoms with E-state index in [2.05, 4.69) is 12.2 Å². The predicted octanol–water partition coefficient (Wildman–Crippen LogP) is 0.350.